The molecule has 1 rings (SSSR count). The van der Waals surface area contributed by atoms with Crippen LogP contribution >= 0.6 is 0 Å². The second-order valence-electron chi connectivity index (χ2n) is 4.33. The fourth-order valence-corrected chi connectivity index (χ4v) is 2.10. The Balaban J connectivity index is 2.13. The van der Waals surface area contributed by atoms with E-state index in [0.717, 1.165) is 19.7 Å². The van der Waals surface area contributed by atoms with E-state index in [2.05, 4.69) is 24.1 Å². The van der Waals surface area contributed by atoms with Gasteiger partial charge in [0.05, 0.1) is 12.7 Å². The molecule has 0 aromatic heterocycles. The van der Waals surface area contributed by atoms with E-state index in [1.165, 1.54) is 38.9 Å². The van der Waals surface area contributed by atoms with Crippen LogP contribution in [0.2, 0.25) is 0 Å². The van der Waals surface area contributed by atoms with Crippen LogP contribution in [0, 0.1) is 0 Å². The number of ether oxygens (including phenoxy) is 1. The molecule has 0 aromatic carbocycles. The smallest absolute Gasteiger partial charge is 0.0712 e. The van der Waals surface area contributed by atoms with Gasteiger partial charge in [0.15, 0.2) is 0 Å². The van der Waals surface area contributed by atoms with Crippen LogP contribution < -0.4 is 5.32 Å². The van der Waals surface area contributed by atoms with Crippen LogP contribution in [0.15, 0.2) is 0 Å². The van der Waals surface area contributed by atoms with Gasteiger partial charge in [0.1, 0.15) is 0 Å². The van der Waals surface area contributed by atoms with Gasteiger partial charge in [-0.15, -0.1) is 0 Å². The molecule has 1 heterocycles. The molecule has 1 atom stereocenters. The summed E-state index contributed by atoms with van der Waals surface area (Å²) in [4.78, 5) is 2.55. The molecule has 1 saturated heterocycles. The molecule has 1 unspecified atom stereocenters. The predicted octanol–water partition coefficient (Wildman–Crippen LogP) is 1.49. The largest absolute Gasteiger partial charge is 0.376 e. The van der Waals surface area contributed by atoms with Crippen LogP contribution in [-0.2, 0) is 4.74 Å². The quantitative estimate of drug-likeness (QED) is 0.695. The van der Waals surface area contributed by atoms with Crippen LogP contribution in [0.1, 0.15) is 33.1 Å². The summed E-state index contributed by atoms with van der Waals surface area (Å²) in [5.74, 6) is 0. The van der Waals surface area contributed by atoms with E-state index in [-0.39, 0.29) is 0 Å². The Morgan fingerprint density at radius 2 is 1.93 bits per heavy atom. The molecule has 3 heteroatoms. The maximum atomic E-state index is 5.70. The number of hydrogen-bond donors (Lipinski definition) is 1. The highest BCUT2D eigenvalue weighted by Gasteiger charge is 2.14. The van der Waals surface area contributed by atoms with Crippen LogP contribution in [-0.4, -0.2) is 50.3 Å². The van der Waals surface area contributed by atoms with Crippen LogP contribution in [0.5, 0.6) is 0 Å². The number of hydrogen-bond acceptors (Lipinski definition) is 3. The van der Waals surface area contributed by atoms with Gasteiger partial charge in [-0.2, -0.15) is 0 Å². The minimum Gasteiger partial charge on any atom is -0.376 e. The molecular formula is C12H26N2O. The lowest BCUT2D eigenvalue weighted by Crippen LogP contribution is -2.40. The van der Waals surface area contributed by atoms with E-state index in [1.54, 1.807) is 0 Å². The summed E-state index contributed by atoms with van der Waals surface area (Å²) >= 11 is 0. The monoisotopic (exact) mass is 214 g/mol. The van der Waals surface area contributed by atoms with Gasteiger partial charge in [0, 0.05) is 19.6 Å². The topological polar surface area (TPSA) is 24.5 Å². The molecule has 0 saturated carbocycles. The van der Waals surface area contributed by atoms with E-state index in [1.807, 2.05) is 0 Å². The Labute approximate surface area is 94.2 Å². The fourth-order valence-electron chi connectivity index (χ4n) is 2.10. The van der Waals surface area contributed by atoms with Gasteiger partial charge in [0.25, 0.3) is 0 Å². The molecule has 3 nitrogen and oxygen atoms in total. The summed E-state index contributed by atoms with van der Waals surface area (Å²) in [7, 11) is 0. The third kappa shape index (κ3) is 5.50. The average molecular weight is 214 g/mol. The van der Waals surface area contributed by atoms with Crippen molar-refractivity contribution in [1.29, 1.82) is 0 Å². The molecule has 1 N–H and O–H groups in total. The van der Waals surface area contributed by atoms with E-state index in [4.69, 9.17) is 4.74 Å². The van der Waals surface area contributed by atoms with E-state index >= 15 is 0 Å². The summed E-state index contributed by atoms with van der Waals surface area (Å²) in [6.45, 7) is 11.1. The van der Waals surface area contributed by atoms with E-state index < -0.39 is 0 Å². The van der Waals surface area contributed by atoms with Crippen LogP contribution in [0.4, 0.5) is 0 Å². The first kappa shape index (κ1) is 12.9. The van der Waals surface area contributed by atoms with Gasteiger partial charge < -0.3 is 15.0 Å². The molecular weight excluding hydrogens is 188 g/mol. The molecule has 0 radical (unpaired) electrons. The minimum atomic E-state index is 0.440. The van der Waals surface area contributed by atoms with Gasteiger partial charge in [-0.05, 0) is 32.4 Å². The maximum absolute atomic E-state index is 5.70. The van der Waals surface area contributed by atoms with Crippen LogP contribution in [0.3, 0.4) is 0 Å². The van der Waals surface area contributed by atoms with E-state index in [0.29, 0.717) is 6.10 Å². The van der Waals surface area contributed by atoms with Crippen molar-refractivity contribution in [3.8, 4) is 0 Å². The average Bonchev–Trinajstić information content (AvgIpc) is 2.28. The summed E-state index contributed by atoms with van der Waals surface area (Å²) in [6, 6.07) is 0. The first-order valence-electron chi connectivity index (χ1n) is 6.41. The molecule has 1 aliphatic heterocycles. The Morgan fingerprint density at radius 3 is 2.47 bits per heavy atom. The number of rotatable bonds is 7. The molecule has 0 aliphatic carbocycles. The van der Waals surface area contributed by atoms with Gasteiger partial charge in [-0.1, -0.05) is 13.8 Å². The molecule has 0 spiro atoms. The standard InChI is InChI=1S/C12H26N2O/c1-3-7-14(8-4-2)9-5-12-11-13-6-10-15-12/h12-13H,3-11H2,1-2H3. The molecule has 15 heavy (non-hydrogen) atoms. The lowest BCUT2D eigenvalue weighted by molar-refractivity contribution is 0.0174. The zero-order chi connectivity index (χ0) is 10.9. The third-order valence-electron chi connectivity index (χ3n) is 2.85. The molecule has 0 bridgehead atoms. The summed E-state index contributed by atoms with van der Waals surface area (Å²) in [5.41, 5.74) is 0. The highest BCUT2D eigenvalue weighted by atomic mass is 16.5. The van der Waals surface area contributed by atoms with Crippen molar-refractivity contribution >= 4 is 0 Å². The Kier molecular flexibility index (Phi) is 6.98. The van der Waals surface area contributed by atoms with Crippen molar-refractivity contribution in [2.24, 2.45) is 0 Å². The van der Waals surface area contributed by atoms with E-state index in [9.17, 15) is 0 Å². The zero-order valence-electron chi connectivity index (χ0n) is 10.3. The predicted molar refractivity (Wildman–Crippen MR) is 64.2 cm³/mol. The number of nitrogens with one attached hydrogen (secondary N) is 1. The molecule has 0 aromatic rings. The minimum absolute atomic E-state index is 0.440. The highest BCUT2D eigenvalue weighted by molar-refractivity contribution is 4.69. The Bertz CT molecular complexity index is 141. The van der Waals surface area contributed by atoms with Gasteiger partial charge in [0.2, 0.25) is 0 Å². The molecule has 0 amide bonds. The van der Waals surface area contributed by atoms with Gasteiger partial charge in [-0.25, -0.2) is 0 Å². The zero-order valence-corrected chi connectivity index (χ0v) is 10.3. The first-order valence-corrected chi connectivity index (χ1v) is 6.41. The van der Waals surface area contributed by atoms with Crippen molar-refractivity contribution in [3.05, 3.63) is 0 Å². The molecule has 1 aliphatic rings. The molecule has 1 fully saturated rings. The van der Waals surface area contributed by atoms with Crippen molar-refractivity contribution in [2.45, 2.75) is 39.2 Å². The lowest BCUT2D eigenvalue weighted by atomic mass is 10.2. The lowest BCUT2D eigenvalue weighted by Gasteiger charge is -2.27. The van der Waals surface area contributed by atoms with Crippen LogP contribution in [0.25, 0.3) is 0 Å². The van der Waals surface area contributed by atoms with Gasteiger partial charge >= 0.3 is 0 Å². The summed E-state index contributed by atoms with van der Waals surface area (Å²) in [5, 5.41) is 3.38. The van der Waals surface area contributed by atoms with Crippen molar-refractivity contribution in [2.75, 3.05) is 39.3 Å². The van der Waals surface area contributed by atoms with Crippen molar-refractivity contribution in [1.82, 2.24) is 10.2 Å². The SMILES string of the molecule is CCCN(CCC)CCC1CNCCO1. The fraction of sp³-hybridized carbons (Fsp3) is 1.00. The summed E-state index contributed by atoms with van der Waals surface area (Å²) < 4.78 is 5.70. The van der Waals surface area contributed by atoms with Crippen molar-refractivity contribution in [3.63, 3.8) is 0 Å². The normalized spacial score (nSPS) is 22.2. The second-order valence-corrected chi connectivity index (χ2v) is 4.33. The second kappa shape index (κ2) is 8.08. The summed E-state index contributed by atoms with van der Waals surface area (Å²) in [6.07, 6.45) is 4.12. The number of nitrogens with zero attached hydrogens (tertiary/aromatic N) is 1. The Morgan fingerprint density at radius 1 is 1.20 bits per heavy atom. The molecule has 90 valence electrons. The van der Waals surface area contributed by atoms with Gasteiger partial charge in [-0.3, -0.25) is 0 Å². The highest BCUT2D eigenvalue weighted by Crippen LogP contribution is 2.04. The number of morpholine rings is 1. The van der Waals surface area contributed by atoms with Crippen molar-refractivity contribution < 1.29 is 4.74 Å². The maximum Gasteiger partial charge on any atom is 0.0712 e. The first-order chi connectivity index (χ1) is 7.36. The Hall–Kier alpha value is -0.120. The third-order valence-corrected chi connectivity index (χ3v) is 2.85.